The quantitative estimate of drug-likeness (QED) is 0.845. The molecule has 0 aliphatic carbocycles. The minimum atomic E-state index is -3.43. The molecule has 6 nitrogen and oxygen atoms in total. The van der Waals surface area contributed by atoms with Gasteiger partial charge in [0.1, 0.15) is 0 Å². The number of aryl methyl sites for hydroxylation is 1. The zero-order valence-corrected chi connectivity index (χ0v) is 12.1. The Labute approximate surface area is 114 Å². The maximum atomic E-state index is 12.3. The Balaban J connectivity index is 0.00000162. The molecular weight excluding hydrogens is 276 g/mol. The molecule has 8 heteroatoms. The maximum Gasteiger partial charge on any atom is 0.260 e. The minimum absolute atomic E-state index is 0. The third kappa shape index (κ3) is 2.69. The highest BCUT2D eigenvalue weighted by atomic mass is 35.5. The molecule has 1 aliphatic heterocycles. The second-order valence-corrected chi connectivity index (χ2v) is 6.47. The molecule has 0 aromatic carbocycles. The number of piperidine rings is 1. The Morgan fingerprint density at radius 3 is 2.67 bits per heavy atom. The molecule has 18 heavy (non-hydrogen) atoms. The summed E-state index contributed by atoms with van der Waals surface area (Å²) in [6, 6.07) is 1.61. The smallest absolute Gasteiger partial charge is 0.260 e. The van der Waals surface area contributed by atoms with Gasteiger partial charge in [0.2, 0.25) is 0 Å². The number of rotatable bonds is 2. The summed E-state index contributed by atoms with van der Waals surface area (Å²) in [6.45, 7) is 2.95. The summed E-state index contributed by atoms with van der Waals surface area (Å²) in [6.07, 6.45) is 2.20. The fourth-order valence-electron chi connectivity index (χ4n) is 2.09. The third-order valence-corrected chi connectivity index (χ3v) is 5.25. The average Bonchev–Trinajstić information content (AvgIpc) is 2.69. The van der Waals surface area contributed by atoms with Gasteiger partial charge in [-0.05, 0) is 18.4 Å². The predicted octanol–water partition coefficient (Wildman–Crippen LogP) is 0.200. The second-order valence-electron chi connectivity index (χ2n) is 4.59. The molecule has 1 aliphatic rings. The van der Waals surface area contributed by atoms with Gasteiger partial charge in [-0.15, -0.1) is 12.4 Å². The van der Waals surface area contributed by atoms with E-state index in [0.29, 0.717) is 19.5 Å². The van der Waals surface area contributed by atoms with Crippen molar-refractivity contribution in [3.8, 4) is 0 Å². The molecule has 0 saturated carbocycles. The SMILES string of the molecule is CC1CN(S(=O)(=O)c2ccnn2C)CCC1N.Cl. The van der Waals surface area contributed by atoms with E-state index in [1.54, 1.807) is 7.05 Å². The number of nitrogens with two attached hydrogens (primary N) is 1. The molecule has 2 unspecified atom stereocenters. The first-order valence-corrected chi connectivity index (χ1v) is 7.10. The molecule has 2 heterocycles. The molecule has 0 spiro atoms. The molecule has 1 saturated heterocycles. The van der Waals surface area contributed by atoms with Crippen LogP contribution >= 0.6 is 12.4 Å². The number of aromatic nitrogens is 2. The molecule has 1 aromatic heterocycles. The highest BCUT2D eigenvalue weighted by Gasteiger charge is 2.33. The van der Waals surface area contributed by atoms with Gasteiger partial charge < -0.3 is 5.73 Å². The van der Waals surface area contributed by atoms with E-state index in [4.69, 9.17) is 5.73 Å². The van der Waals surface area contributed by atoms with Gasteiger partial charge in [-0.25, -0.2) is 8.42 Å². The van der Waals surface area contributed by atoms with Crippen LogP contribution in [-0.4, -0.2) is 41.6 Å². The summed E-state index contributed by atoms with van der Waals surface area (Å²) in [5.74, 6) is 0.187. The number of halogens is 1. The van der Waals surface area contributed by atoms with Crippen LogP contribution in [0.2, 0.25) is 0 Å². The first kappa shape index (κ1) is 15.4. The van der Waals surface area contributed by atoms with E-state index < -0.39 is 10.0 Å². The number of hydrogen-bond acceptors (Lipinski definition) is 4. The second kappa shape index (κ2) is 5.56. The Hall–Kier alpha value is -0.630. The van der Waals surface area contributed by atoms with Crippen molar-refractivity contribution in [3.63, 3.8) is 0 Å². The topological polar surface area (TPSA) is 81.2 Å². The lowest BCUT2D eigenvalue weighted by Gasteiger charge is -2.33. The molecule has 2 rings (SSSR count). The highest BCUT2D eigenvalue weighted by Crippen LogP contribution is 2.22. The Bertz CT molecular complexity index is 502. The van der Waals surface area contributed by atoms with Crippen LogP contribution in [0.3, 0.4) is 0 Å². The van der Waals surface area contributed by atoms with Crippen LogP contribution in [0.4, 0.5) is 0 Å². The standard InChI is InChI=1S/C10H18N4O2S.ClH/c1-8-7-14(6-4-9(8)11)17(15,16)10-3-5-12-13(10)2;/h3,5,8-9H,4,6-7,11H2,1-2H3;1H. The zero-order chi connectivity index (χ0) is 12.6. The lowest BCUT2D eigenvalue weighted by Crippen LogP contribution is -2.48. The van der Waals surface area contributed by atoms with Crippen molar-refractivity contribution in [2.75, 3.05) is 13.1 Å². The maximum absolute atomic E-state index is 12.3. The molecule has 2 atom stereocenters. The molecule has 104 valence electrons. The average molecular weight is 295 g/mol. The number of sulfonamides is 1. The van der Waals surface area contributed by atoms with Gasteiger partial charge in [0.15, 0.2) is 5.03 Å². The van der Waals surface area contributed by atoms with E-state index in [1.165, 1.54) is 21.3 Å². The van der Waals surface area contributed by atoms with Crippen molar-refractivity contribution in [1.29, 1.82) is 0 Å². The normalized spacial score (nSPS) is 25.7. The van der Waals surface area contributed by atoms with E-state index in [9.17, 15) is 8.42 Å². The van der Waals surface area contributed by atoms with E-state index in [1.807, 2.05) is 6.92 Å². The zero-order valence-electron chi connectivity index (χ0n) is 10.5. The predicted molar refractivity (Wildman–Crippen MR) is 71.0 cm³/mol. The molecule has 2 N–H and O–H groups in total. The van der Waals surface area contributed by atoms with E-state index in [-0.39, 0.29) is 29.4 Å². The molecule has 1 fully saturated rings. The third-order valence-electron chi connectivity index (χ3n) is 3.31. The lowest BCUT2D eigenvalue weighted by molar-refractivity contribution is 0.249. The summed E-state index contributed by atoms with van der Waals surface area (Å²) in [5.41, 5.74) is 5.89. The fraction of sp³-hybridized carbons (Fsp3) is 0.700. The molecule has 0 radical (unpaired) electrons. The summed E-state index contributed by atoms with van der Waals surface area (Å²) in [4.78, 5) is 0. The van der Waals surface area contributed by atoms with Gasteiger partial charge in [-0.3, -0.25) is 4.68 Å². The minimum Gasteiger partial charge on any atom is -0.327 e. The van der Waals surface area contributed by atoms with Crippen molar-refractivity contribution in [2.24, 2.45) is 18.7 Å². The van der Waals surface area contributed by atoms with Crippen LogP contribution in [0.5, 0.6) is 0 Å². The van der Waals surface area contributed by atoms with Crippen LogP contribution in [0, 0.1) is 5.92 Å². The Morgan fingerprint density at radius 2 is 2.17 bits per heavy atom. The van der Waals surface area contributed by atoms with Crippen LogP contribution < -0.4 is 5.73 Å². The van der Waals surface area contributed by atoms with Gasteiger partial charge in [0, 0.05) is 26.2 Å². The molecular formula is C10H19ClN4O2S. The van der Waals surface area contributed by atoms with Gasteiger partial charge in [0.25, 0.3) is 10.0 Å². The fourth-order valence-corrected chi connectivity index (χ4v) is 3.75. The highest BCUT2D eigenvalue weighted by molar-refractivity contribution is 7.89. The van der Waals surface area contributed by atoms with Gasteiger partial charge in [-0.1, -0.05) is 6.92 Å². The van der Waals surface area contributed by atoms with Crippen molar-refractivity contribution >= 4 is 22.4 Å². The Morgan fingerprint density at radius 1 is 1.50 bits per heavy atom. The van der Waals surface area contributed by atoms with Gasteiger partial charge in [-0.2, -0.15) is 9.40 Å². The number of nitrogens with zero attached hydrogens (tertiary/aromatic N) is 3. The summed E-state index contributed by atoms with van der Waals surface area (Å²) < 4.78 is 27.6. The van der Waals surface area contributed by atoms with Crippen molar-refractivity contribution in [3.05, 3.63) is 12.3 Å². The van der Waals surface area contributed by atoms with Gasteiger partial charge >= 0.3 is 0 Å². The number of hydrogen-bond donors (Lipinski definition) is 1. The summed E-state index contributed by atoms with van der Waals surface area (Å²) in [5, 5.41) is 4.13. The van der Waals surface area contributed by atoms with E-state index >= 15 is 0 Å². The lowest BCUT2D eigenvalue weighted by atomic mass is 9.96. The van der Waals surface area contributed by atoms with Gasteiger partial charge in [0.05, 0.1) is 6.20 Å². The molecule has 1 aromatic rings. The van der Waals surface area contributed by atoms with Crippen molar-refractivity contribution in [1.82, 2.24) is 14.1 Å². The van der Waals surface area contributed by atoms with E-state index in [0.717, 1.165) is 0 Å². The van der Waals surface area contributed by atoms with Crippen LogP contribution in [0.15, 0.2) is 17.3 Å². The van der Waals surface area contributed by atoms with Crippen LogP contribution in [0.1, 0.15) is 13.3 Å². The first-order chi connectivity index (χ1) is 7.93. The molecule has 0 bridgehead atoms. The van der Waals surface area contributed by atoms with Crippen LogP contribution in [-0.2, 0) is 17.1 Å². The summed E-state index contributed by atoms with van der Waals surface area (Å²) in [7, 11) is -1.80. The monoisotopic (exact) mass is 294 g/mol. The summed E-state index contributed by atoms with van der Waals surface area (Å²) >= 11 is 0. The van der Waals surface area contributed by atoms with E-state index in [2.05, 4.69) is 5.10 Å². The van der Waals surface area contributed by atoms with Crippen molar-refractivity contribution in [2.45, 2.75) is 24.4 Å². The first-order valence-electron chi connectivity index (χ1n) is 5.66. The Kier molecular flexibility index (Phi) is 4.77. The largest absolute Gasteiger partial charge is 0.327 e. The van der Waals surface area contributed by atoms with Crippen LogP contribution in [0.25, 0.3) is 0 Å². The molecule has 0 amide bonds. The van der Waals surface area contributed by atoms with Crippen molar-refractivity contribution < 1.29 is 8.42 Å².